The van der Waals surface area contributed by atoms with Crippen molar-refractivity contribution in [3.05, 3.63) is 15.9 Å². The van der Waals surface area contributed by atoms with Gasteiger partial charge in [-0.3, -0.25) is 0 Å². The van der Waals surface area contributed by atoms with Crippen molar-refractivity contribution in [3.63, 3.8) is 0 Å². The Kier molecular flexibility index (Phi) is 5.36. The molecule has 0 saturated carbocycles. The second-order valence-electron chi connectivity index (χ2n) is 3.94. The van der Waals surface area contributed by atoms with Crippen molar-refractivity contribution in [2.75, 3.05) is 0 Å². The average molecular weight is 370 g/mol. The quantitative estimate of drug-likeness (QED) is 0.309. The molecule has 19 heavy (non-hydrogen) atoms. The number of hydrogen-bond donors (Lipinski definition) is 3. The fraction of sp³-hybridized carbons (Fsp3) is 0.500. The second-order valence-corrected chi connectivity index (χ2v) is 7.58. The molecule has 1 aromatic rings. The summed E-state index contributed by atoms with van der Waals surface area (Å²) in [5, 5.41) is 13.5. The van der Waals surface area contributed by atoms with E-state index in [1.165, 1.54) is 0 Å². The SMILES string of the molecule is CCC(CC)(NS(=O)(=O)c1sccc1Br)C(N)=NO. The highest BCUT2D eigenvalue weighted by Crippen LogP contribution is 2.29. The molecular formula is C10H16BrN3O3S2. The summed E-state index contributed by atoms with van der Waals surface area (Å²) in [5.74, 6) is -0.145. The third-order valence-electron chi connectivity index (χ3n) is 2.96. The highest BCUT2D eigenvalue weighted by molar-refractivity contribution is 9.10. The first kappa shape index (κ1) is 16.4. The fourth-order valence-corrected chi connectivity index (χ4v) is 5.54. The van der Waals surface area contributed by atoms with Crippen molar-refractivity contribution in [2.24, 2.45) is 10.9 Å². The average Bonchev–Trinajstić information content (AvgIpc) is 2.82. The largest absolute Gasteiger partial charge is 0.409 e. The Hall–Kier alpha value is -0.640. The zero-order chi connectivity index (χ0) is 14.7. The third-order valence-corrected chi connectivity index (χ3v) is 7.17. The minimum absolute atomic E-state index is 0.145. The first-order chi connectivity index (χ1) is 8.83. The maximum Gasteiger partial charge on any atom is 0.252 e. The van der Waals surface area contributed by atoms with Gasteiger partial charge in [0, 0.05) is 4.47 Å². The Morgan fingerprint density at radius 3 is 2.53 bits per heavy atom. The molecule has 1 heterocycles. The molecule has 108 valence electrons. The Labute approximate surface area is 124 Å². The third kappa shape index (κ3) is 3.28. The number of nitrogens with two attached hydrogens (primary N) is 1. The van der Waals surface area contributed by atoms with E-state index in [2.05, 4.69) is 25.8 Å². The lowest BCUT2D eigenvalue weighted by Gasteiger charge is -2.30. The molecule has 0 aliphatic heterocycles. The van der Waals surface area contributed by atoms with Crippen LogP contribution in [0.5, 0.6) is 0 Å². The molecule has 9 heteroatoms. The number of nitrogens with zero attached hydrogens (tertiary/aromatic N) is 1. The molecular weight excluding hydrogens is 354 g/mol. The Bertz CT molecular complexity index is 564. The van der Waals surface area contributed by atoms with Gasteiger partial charge in [-0.05, 0) is 40.2 Å². The molecule has 1 rings (SSSR count). The number of nitrogens with one attached hydrogen (secondary N) is 1. The molecule has 0 spiro atoms. The van der Waals surface area contributed by atoms with Gasteiger partial charge in [-0.2, -0.15) is 4.72 Å². The van der Waals surface area contributed by atoms with E-state index in [0.717, 1.165) is 11.3 Å². The molecule has 0 fully saturated rings. The predicted molar refractivity (Wildman–Crippen MR) is 79.1 cm³/mol. The van der Waals surface area contributed by atoms with Crippen molar-refractivity contribution >= 4 is 43.1 Å². The van der Waals surface area contributed by atoms with Gasteiger partial charge >= 0.3 is 0 Å². The summed E-state index contributed by atoms with van der Waals surface area (Å²) in [7, 11) is -3.73. The van der Waals surface area contributed by atoms with Gasteiger partial charge in [0.25, 0.3) is 10.0 Å². The zero-order valence-corrected chi connectivity index (χ0v) is 13.8. The molecule has 0 aromatic carbocycles. The van der Waals surface area contributed by atoms with E-state index < -0.39 is 15.6 Å². The van der Waals surface area contributed by atoms with Gasteiger partial charge in [-0.15, -0.1) is 11.3 Å². The van der Waals surface area contributed by atoms with E-state index in [0.29, 0.717) is 17.3 Å². The molecule has 0 bridgehead atoms. The summed E-state index contributed by atoms with van der Waals surface area (Å²) in [5.41, 5.74) is 4.55. The van der Waals surface area contributed by atoms with Crippen LogP contribution in [-0.4, -0.2) is 25.0 Å². The number of thiophene rings is 1. The number of sulfonamides is 1. The highest BCUT2D eigenvalue weighted by Gasteiger charge is 2.37. The number of rotatable bonds is 6. The molecule has 0 amide bonds. The molecule has 0 aliphatic carbocycles. The highest BCUT2D eigenvalue weighted by atomic mass is 79.9. The van der Waals surface area contributed by atoms with Crippen molar-refractivity contribution in [1.29, 1.82) is 0 Å². The lowest BCUT2D eigenvalue weighted by atomic mass is 9.93. The van der Waals surface area contributed by atoms with Crippen LogP contribution in [0.3, 0.4) is 0 Å². The van der Waals surface area contributed by atoms with Gasteiger partial charge in [0.1, 0.15) is 4.21 Å². The van der Waals surface area contributed by atoms with E-state index in [9.17, 15) is 8.42 Å². The Morgan fingerprint density at radius 2 is 2.16 bits per heavy atom. The van der Waals surface area contributed by atoms with Crippen LogP contribution >= 0.6 is 27.3 Å². The van der Waals surface area contributed by atoms with Crippen LogP contribution in [0.1, 0.15) is 26.7 Å². The van der Waals surface area contributed by atoms with Gasteiger partial charge in [0.2, 0.25) is 0 Å². The summed E-state index contributed by atoms with van der Waals surface area (Å²) in [4.78, 5) is 0. The van der Waals surface area contributed by atoms with E-state index in [4.69, 9.17) is 10.9 Å². The lowest BCUT2D eigenvalue weighted by Crippen LogP contribution is -2.56. The van der Waals surface area contributed by atoms with E-state index >= 15 is 0 Å². The van der Waals surface area contributed by atoms with E-state index in [1.807, 2.05) is 0 Å². The van der Waals surface area contributed by atoms with Crippen LogP contribution in [0.25, 0.3) is 0 Å². The van der Waals surface area contributed by atoms with Crippen LogP contribution in [0, 0.1) is 0 Å². The Morgan fingerprint density at radius 1 is 1.58 bits per heavy atom. The first-order valence-electron chi connectivity index (χ1n) is 5.58. The zero-order valence-electron chi connectivity index (χ0n) is 10.6. The lowest BCUT2D eigenvalue weighted by molar-refractivity contribution is 0.307. The summed E-state index contributed by atoms with van der Waals surface area (Å²) in [6, 6.07) is 1.66. The maximum absolute atomic E-state index is 12.3. The minimum atomic E-state index is -3.73. The standard InChI is InChI=1S/C10H16BrN3O3S2/c1-3-10(4-2,9(12)13-15)14-19(16,17)8-7(11)5-6-18-8/h5-6,14-15H,3-4H2,1-2H3,(H2,12,13). The van der Waals surface area contributed by atoms with Crippen molar-refractivity contribution in [3.8, 4) is 0 Å². The molecule has 0 unspecified atom stereocenters. The summed E-state index contributed by atoms with van der Waals surface area (Å²) >= 11 is 4.28. The molecule has 4 N–H and O–H groups in total. The molecule has 6 nitrogen and oxygen atoms in total. The number of halogens is 1. The molecule has 0 atom stereocenters. The molecule has 0 saturated heterocycles. The maximum atomic E-state index is 12.3. The summed E-state index contributed by atoms with van der Waals surface area (Å²) < 4.78 is 27.9. The van der Waals surface area contributed by atoms with Gasteiger partial charge in [-0.1, -0.05) is 19.0 Å². The number of hydrogen-bond acceptors (Lipinski definition) is 5. The Balaban J connectivity index is 3.21. The van der Waals surface area contributed by atoms with Gasteiger partial charge in [0.15, 0.2) is 5.84 Å². The van der Waals surface area contributed by atoms with Crippen LogP contribution in [0.15, 0.2) is 25.3 Å². The topological polar surface area (TPSA) is 105 Å². The summed E-state index contributed by atoms with van der Waals surface area (Å²) in [6.45, 7) is 3.54. The molecule has 0 aliphatic rings. The van der Waals surface area contributed by atoms with Crippen LogP contribution in [0.2, 0.25) is 0 Å². The van der Waals surface area contributed by atoms with E-state index in [-0.39, 0.29) is 10.0 Å². The number of amidine groups is 1. The fourth-order valence-electron chi connectivity index (χ4n) is 1.68. The van der Waals surface area contributed by atoms with Crippen LogP contribution in [0.4, 0.5) is 0 Å². The molecule has 1 aromatic heterocycles. The minimum Gasteiger partial charge on any atom is -0.409 e. The second kappa shape index (κ2) is 6.21. The predicted octanol–water partition coefficient (Wildman–Crippen LogP) is 2.09. The van der Waals surface area contributed by atoms with Crippen molar-refractivity contribution < 1.29 is 13.6 Å². The van der Waals surface area contributed by atoms with Crippen LogP contribution < -0.4 is 10.5 Å². The normalized spacial score (nSPS) is 13.7. The molecule has 0 radical (unpaired) electrons. The van der Waals surface area contributed by atoms with Gasteiger partial charge in [0.05, 0.1) is 5.54 Å². The van der Waals surface area contributed by atoms with Crippen LogP contribution in [-0.2, 0) is 10.0 Å². The van der Waals surface area contributed by atoms with Gasteiger partial charge < -0.3 is 10.9 Å². The smallest absolute Gasteiger partial charge is 0.252 e. The monoisotopic (exact) mass is 369 g/mol. The summed E-state index contributed by atoms with van der Waals surface area (Å²) in [6.07, 6.45) is 0.753. The van der Waals surface area contributed by atoms with Crippen molar-refractivity contribution in [2.45, 2.75) is 36.4 Å². The van der Waals surface area contributed by atoms with Gasteiger partial charge in [-0.25, -0.2) is 8.42 Å². The first-order valence-corrected chi connectivity index (χ1v) is 8.73. The van der Waals surface area contributed by atoms with E-state index in [1.54, 1.807) is 25.3 Å². The van der Waals surface area contributed by atoms with Crippen molar-refractivity contribution in [1.82, 2.24) is 4.72 Å². The number of oxime groups is 1.